The number of piperidine rings is 1. The lowest BCUT2D eigenvalue weighted by Crippen LogP contribution is -2.71. The molecule has 194 valence electrons. The molecule has 4 aliphatic heterocycles. The number of ether oxygens (including phenoxy) is 2. The van der Waals surface area contributed by atoms with Crippen LogP contribution in [0.5, 0.6) is 0 Å². The summed E-state index contributed by atoms with van der Waals surface area (Å²) in [5.74, 6) is 2.27. The lowest BCUT2D eigenvalue weighted by atomic mass is 9.68. The highest BCUT2D eigenvalue weighted by Crippen LogP contribution is 2.59. The highest BCUT2D eigenvalue weighted by molar-refractivity contribution is 5.82. The van der Waals surface area contributed by atoms with Crippen LogP contribution in [-0.4, -0.2) is 86.6 Å². The zero-order valence-electron chi connectivity index (χ0n) is 21.5. The van der Waals surface area contributed by atoms with Gasteiger partial charge in [-0.05, 0) is 75.4 Å². The van der Waals surface area contributed by atoms with E-state index < -0.39 is 5.79 Å². The number of fused-ring (bicyclic) bond motifs is 1. The Bertz CT molecular complexity index is 1380. The minimum Gasteiger partial charge on any atom is -0.380 e. The molecule has 2 aromatic heterocycles. The van der Waals surface area contributed by atoms with E-state index in [2.05, 4.69) is 28.9 Å². The number of aromatic nitrogens is 4. The van der Waals surface area contributed by atoms with Gasteiger partial charge in [0.1, 0.15) is 11.6 Å². The van der Waals surface area contributed by atoms with Crippen molar-refractivity contribution in [3.8, 4) is 5.82 Å². The molecule has 3 aromatic rings. The van der Waals surface area contributed by atoms with E-state index in [0.29, 0.717) is 18.4 Å². The molecule has 5 aliphatic rings. The average Bonchev–Trinajstić information content (AvgIpc) is 3.58. The Kier molecular flexibility index (Phi) is 4.82. The SMILES string of the molecule is Cc1nc(N2CC3OC4(O)CC2C34)cc(-n2ncc3cc(C)c(C4CCN([C@H]5CCOC5)CC4)cc32)n1. The molecular weight excluding hydrogens is 468 g/mol. The maximum absolute atomic E-state index is 10.4. The van der Waals surface area contributed by atoms with Crippen LogP contribution in [0.15, 0.2) is 24.4 Å². The zero-order chi connectivity index (χ0) is 24.9. The molecule has 5 atom stereocenters. The fourth-order valence-electron chi connectivity index (χ4n) is 7.68. The van der Waals surface area contributed by atoms with Gasteiger partial charge in [0.05, 0.1) is 30.3 Å². The van der Waals surface area contributed by atoms with E-state index in [4.69, 9.17) is 24.5 Å². The molecule has 6 heterocycles. The second-order valence-electron chi connectivity index (χ2n) is 11.7. The van der Waals surface area contributed by atoms with E-state index in [1.165, 1.54) is 30.4 Å². The molecule has 4 unspecified atom stereocenters. The average molecular weight is 503 g/mol. The molecule has 1 saturated carbocycles. The van der Waals surface area contributed by atoms with E-state index in [1.54, 1.807) is 0 Å². The molecule has 1 aliphatic carbocycles. The van der Waals surface area contributed by atoms with Crippen LogP contribution in [0.2, 0.25) is 0 Å². The first-order valence-corrected chi connectivity index (χ1v) is 13.8. The van der Waals surface area contributed by atoms with Crippen LogP contribution in [0.1, 0.15) is 48.6 Å². The monoisotopic (exact) mass is 502 g/mol. The van der Waals surface area contributed by atoms with Crippen molar-refractivity contribution in [3.63, 3.8) is 0 Å². The van der Waals surface area contributed by atoms with Gasteiger partial charge in [0.25, 0.3) is 0 Å². The number of nitrogens with zero attached hydrogens (tertiary/aromatic N) is 6. The van der Waals surface area contributed by atoms with Crippen LogP contribution in [0, 0.1) is 19.8 Å². The van der Waals surface area contributed by atoms with Gasteiger partial charge in [-0.2, -0.15) is 5.10 Å². The van der Waals surface area contributed by atoms with Gasteiger partial charge in [0, 0.05) is 43.1 Å². The molecule has 0 radical (unpaired) electrons. The summed E-state index contributed by atoms with van der Waals surface area (Å²) >= 11 is 0. The number of benzene rings is 1. The minimum atomic E-state index is -0.900. The van der Waals surface area contributed by atoms with Crippen molar-refractivity contribution in [2.45, 2.75) is 69.4 Å². The molecule has 9 nitrogen and oxygen atoms in total. The van der Waals surface area contributed by atoms with Crippen molar-refractivity contribution < 1.29 is 14.6 Å². The number of aryl methyl sites for hydroxylation is 2. The Balaban J connectivity index is 1.10. The molecule has 5 fully saturated rings. The summed E-state index contributed by atoms with van der Waals surface area (Å²) in [6, 6.07) is 7.57. The Morgan fingerprint density at radius 1 is 1.05 bits per heavy atom. The molecular formula is C28H34N6O3. The van der Waals surface area contributed by atoms with Crippen LogP contribution in [-0.2, 0) is 9.47 Å². The normalized spacial score (nSPS) is 33.5. The lowest BCUT2D eigenvalue weighted by molar-refractivity contribution is -0.399. The first kappa shape index (κ1) is 22.4. The molecule has 0 bridgehead atoms. The summed E-state index contributed by atoms with van der Waals surface area (Å²) < 4.78 is 13.3. The van der Waals surface area contributed by atoms with Gasteiger partial charge in [-0.3, -0.25) is 4.90 Å². The lowest BCUT2D eigenvalue weighted by Gasteiger charge is -2.58. The maximum atomic E-state index is 10.4. The highest BCUT2D eigenvalue weighted by atomic mass is 16.7. The van der Waals surface area contributed by atoms with Crippen LogP contribution in [0.3, 0.4) is 0 Å². The Morgan fingerprint density at radius 2 is 1.89 bits per heavy atom. The predicted octanol–water partition coefficient (Wildman–Crippen LogP) is 2.70. The summed E-state index contributed by atoms with van der Waals surface area (Å²) in [5, 5.41) is 16.3. The van der Waals surface area contributed by atoms with E-state index in [1.807, 2.05) is 23.9 Å². The molecule has 37 heavy (non-hydrogen) atoms. The van der Waals surface area contributed by atoms with Crippen molar-refractivity contribution in [3.05, 3.63) is 41.3 Å². The number of likely N-dealkylation sites (tertiary alicyclic amines) is 1. The third-order valence-corrected chi connectivity index (χ3v) is 9.64. The zero-order valence-corrected chi connectivity index (χ0v) is 21.5. The van der Waals surface area contributed by atoms with Crippen molar-refractivity contribution in [2.24, 2.45) is 5.92 Å². The maximum Gasteiger partial charge on any atom is 0.175 e. The standard InChI is InChI=1S/C28H34N6O3/c1-16-9-19-13-29-34(22(19)10-21(16)18-3-6-32(7-4-18)20-5-8-36-15-20)26-11-25(30-17(2)31-26)33-14-24-27-23(33)12-28(27,35)37-24/h9-11,13,18,20,23-24,27,35H,3-8,12,14-15H2,1-2H3/t20-,23?,24?,27?,28?/m0/s1. The number of anilines is 1. The fourth-order valence-corrected chi connectivity index (χ4v) is 7.68. The number of hydrogen-bond acceptors (Lipinski definition) is 8. The number of hydrogen-bond donors (Lipinski definition) is 1. The third-order valence-electron chi connectivity index (χ3n) is 9.64. The topological polar surface area (TPSA) is 88.8 Å². The van der Waals surface area contributed by atoms with Crippen molar-refractivity contribution in [2.75, 3.05) is 37.7 Å². The Labute approximate surface area is 216 Å². The van der Waals surface area contributed by atoms with Gasteiger partial charge >= 0.3 is 0 Å². The Morgan fingerprint density at radius 3 is 2.65 bits per heavy atom. The van der Waals surface area contributed by atoms with E-state index >= 15 is 0 Å². The number of aliphatic hydroxyl groups is 1. The second-order valence-corrected chi connectivity index (χ2v) is 11.7. The molecule has 9 heteroatoms. The summed E-state index contributed by atoms with van der Waals surface area (Å²) in [6.07, 6.45) is 6.23. The molecule has 0 amide bonds. The van der Waals surface area contributed by atoms with Gasteiger partial charge in [0.2, 0.25) is 0 Å². The van der Waals surface area contributed by atoms with E-state index in [-0.39, 0.29) is 18.1 Å². The second kappa shape index (κ2) is 7.96. The summed E-state index contributed by atoms with van der Waals surface area (Å²) in [5.41, 5.74) is 3.88. The first-order valence-electron chi connectivity index (χ1n) is 13.8. The molecule has 1 aromatic carbocycles. The van der Waals surface area contributed by atoms with Gasteiger partial charge in [-0.15, -0.1) is 0 Å². The predicted molar refractivity (Wildman–Crippen MR) is 138 cm³/mol. The van der Waals surface area contributed by atoms with E-state index in [9.17, 15) is 5.11 Å². The molecule has 8 rings (SSSR count). The smallest absolute Gasteiger partial charge is 0.175 e. The first-order chi connectivity index (χ1) is 18.0. The summed E-state index contributed by atoms with van der Waals surface area (Å²) in [7, 11) is 0. The molecule has 1 N–H and O–H groups in total. The summed E-state index contributed by atoms with van der Waals surface area (Å²) in [6.45, 7) is 9.02. The van der Waals surface area contributed by atoms with Crippen LogP contribution >= 0.6 is 0 Å². The largest absolute Gasteiger partial charge is 0.380 e. The Hall–Kier alpha value is -2.59. The van der Waals surface area contributed by atoms with Gasteiger partial charge < -0.3 is 19.5 Å². The van der Waals surface area contributed by atoms with Crippen molar-refractivity contribution in [1.82, 2.24) is 24.6 Å². The van der Waals surface area contributed by atoms with Crippen molar-refractivity contribution >= 4 is 16.7 Å². The van der Waals surface area contributed by atoms with Gasteiger partial charge in [-0.1, -0.05) is 0 Å². The van der Waals surface area contributed by atoms with Crippen molar-refractivity contribution in [1.29, 1.82) is 0 Å². The van der Waals surface area contributed by atoms with Crippen LogP contribution < -0.4 is 4.90 Å². The van der Waals surface area contributed by atoms with Gasteiger partial charge in [-0.25, -0.2) is 14.6 Å². The quantitative estimate of drug-likeness (QED) is 0.583. The molecule has 0 spiro atoms. The van der Waals surface area contributed by atoms with E-state index in [0.717, 1.165) is 61.2 Å². The van der Waals surface area contributed by atoms with Gasteiger partial charge in [0.15, 0.2) is 11.6 Å². The molecule has 4 saturated heterocycles. The number of rotatable bonds is 4. The highest BCUT2D eigenvalue weighted by Gasteiger charge is 2.72. The minimum absolute atomic E-state index is 0.103. The van der Waals surface area contributed by atoms with Crippen LogP contribution in [0.25, 0.3) is 16.7 Å². The fraction of sp³-hybridized carbons (Fsp3) is 0.607. The van der Waals surface area contributed by atoms with Crippen LogP contribution in [0.4, 0.5) is 5.82 Å². The third kappa shape index (κ3) is 3.34. The summed E-state index contributed by atoms with van der Waals surface area (Å²) in [4.78, 5) is 14.5.